The van der Waals surface area contributed by atoms with Crippen LogP contribution in [0.3, 0.4) is 0 Å². The second kappa shape index (κ2) is 4.44. The van der Waals surface area contributed by atoms with Crippen molar-refractivity contribution in [2.75, 3.05) is 5.32 Å². The summed E-state index contributed by atoms with van der Waals surface area (Å²) in [6.07, 6.45) is 5.60. The summed E-state index contributed by atoms with van der Waals surface area (Å²) in [7, 11) is 1.95. The first kappa shape index (κ1) is 11.3. The summed E-state index contributed by atoms with van der Waals surface area (Å²) in [5, 5.41) is 7.72. The molecule has 2 aromatic rings. The lowest BCUT2D eigenvalue weighted by Crippen LogP contribution is -2.03. The predicted molar refractivity (Wildman–Crippen MR) is 71.5 cm³/mol. The Morgan fingerprint density at radius 3 is 3.00 bits per heavy atom. The highest BCUT2D eigenvalue weighted by Crippen LogP contribution is 2.21. The third-order valence-electron chi connectivity index (χ3n) is 3.50. The van der Waals surface area contributed by atoms with Gasteiger partial charge < -0.3 is 5.32 Å². The number of fused-ring (bicyclic) bond motifs is 1. The molecule has 18 heavy (non-hydrogen) atoms. The zero-order valence-electron chi connectivity index (χ0n) is 10.9. The molecule has 0 aliphatic heterocycles. The van der Waals surface area contributed by atoms with Gasteiger partial charge in [0.1, 0.15) is 5.82 Å². The first-order chi connectivity index (χ1) is 8.72. The standard InChI is InChI=1S/C14H18N4/c1-10-12(9-18(2)17-10)8-15-14-7-6-11-4-3-5-13(11)16-14/h6-7,9H,3-5,8H2,1-2H3,(H,15,16). The van der Waals surface area contributed by atoms with Gasteiger partial charge in [-0.05, 0) is 37.8 Å². The molecule has 0 saturated heterocycles. The third-order valence-corrected chi connectivity index (χ3v) is 3.50. The molecular weight excluding hydrogens is 224 g/mol. The molecule has 0 unspecified atom stereocenters. The number of nitrogens with zero attached hydrogens (tertiary/aromatic N) is 3. The van der Waals surface area contributed by atoms with E-state index >= 15 is 0 Å². The largest absolute Gasteiger partial charge is 0.366 e. The van der Waals surface area contributed by atoms with Crippen LogP contribution in [0.5, 0.6) is 0 Å². The first-order valence-electron chi connectivity index (χ1n) is 6.44. The molecule has 4 nitrogen and oxygen atoms in total. The Morgan fingerprint density at radius 1 is 1.33 bits per heavy atom. The van der Waals surface area contributed by atoms with Crippen LogP contribution in [0.4, 0.5) is 5.82 Å². The molecule has 0 radical (unpaired) electrons. The quantitative estimate of drug-likeness (QED) is 0.897. The normalized spacial score (nSPS) is 13.7. The molecule has 0 spiro atoms. The van der Waals surface area contributed by atoms with Gasteiger partial charge in [0.15, 0.2) is 0 Å². The van der Waals surface area contributed by atoms with Crippen LogP contribution in [0, 0.1) is 6.92 Å². The van der Waals surface area contributed by atoms with Crippen molar-refractivity contribution in [2.45, 2.75) is 32.7 Å². The summed E-state index contributed by atoms with van der Waals surface area (Å²) in [6.45, 7) is 2.82. The van der Waals surface area contributed by atoms with Gasteiger partial charge in [-0.25, -0.2) is 4.98 Å². The molecule has 0 amide bonds. The molecule has 2 heterocycles. The van der Waals surface area contributed by atoms with E-state index in [4.69, 9.17) is 0 Å². The number of hydrogen-bond donors (Lipinski definition) is 1. The van der Waals surface area contributed by atoms with Crippen LogP contribution in [0.1, 0.15) is 28.9 Å². The van der Waals surface area contributed by atoms with Crippen LogP contribution in [0.2, 0.25) is 0 Å². The van der Waals surface area contributed by atoms with E-state index in [1.165, 1.54) is 29.7 Å². The number of anilines is 1. The van der Waals surface area contributed by atoms with Crippen LogP contribution in [-0.4, -0.2) is 14.8 Å². The molecule has 0 atom stereocenters. The average molecular weight is 242 g/mol. The monoisotopic (exact) mass is 242 g/mol. The van der Waals surface area contributed by atoms with E-state index in [9.17, 15) is 0 Å². The maximum Gasteiger partial charge on any atom is 0.126 e. The molecule has 0 fully saturated rings. The fourth-order valence-corrected chi connectivity index (χ4v) is 2.53. The molecule has 1 aliphatic carbocycles. The SMILES string of the molecule is Cc1nn(C)cc1CNc1ccc2c(n1)CCC2. The van der Waals surface area contributed by atoms with Gasteiger partial charge in [0, 0.05) is 31.0 Å². The zero-order valence-corrected chi connectivity index (χ0v) is 10.9. The topological polar surface area (TPSA) is 42.7 Å². The Balaban J connectivity index is 1.72. The van der Waals surface area contributed by atoms with Crippen molar-refractivity contribution < 1.29 is 0 Å². The van der Waals surface area contributed by atoms with Gasteiger partial charge in [-0.2, -0.15) is 5.10 Å². The van der Waals surface area contributed by atoms with Crippen molar-refractivity contribution in [3.63, 3.8) is 0 Å². The van der Waals surface area contributed by atoms with Crippen LogP contribution >= 0.6 is 0 Å². The molecule has 1 aliphatic rings. The summed E-state index contributed by atoms with van der Waals surface area (Å²) >= 11 is 0. The van der Waals surface area contributed by atoms with Crippen molar-refractivity contribution in [3.8, 4) is 0 Å². The van der Waals surface area contributed by atoms with E-state index in [1.807, 2.05) is 18.7 Å². The van der Waals surface area contributed by atoms with Crippen LogP contribution in [0.25, 0.3) is 0 Å². The van der Waals surface area contributed by atoms with E-state index in [2.05, 4.69) is 33.7 Å². The maximum absolute atomic E-state index is 4.67. The van der Waals surface area contributed by atoms with E-state index in [0.717, 1.165) is 24.5 Å². The van der Waals surface area contributed by atoms with Gasteiger partial charge in [-0.15, -0.1) is 0 Å². The number of hydrogen-bond acceptors (Lipinski definition) is 3. The van der Waals surface area contributed by atoms with E-state index in [-0.39, 0.29) is 0 Å². The van der Waals surface area contributed by atoms with Gasteiger partial charge in [0.2, 0.25) is 0 Å². The molecule has 94 valence electrons. The highest BCUT2D eigenvalue weighted by molar-refractivity contribution is 5.41. The van der Waals surface area contributed by atoms with Crippen molar-refractivity contribution in [2.24, 2.45) is 7.05 Å². The predicted octanol–water partition coefficient (Wildman–Crippen LogP) is 2.22. The van der Waals surface area contributed by atoms with Gasteiger partial charge in [-0.1, -0.05) is 6.07 Å². The Morgan fingerprint density at radius 2 is 2.22 bits per heavy atom. The molecule has 2 aromatic heterocycles. The summed E-state index contributed by atoms with van der Waals surface area (Å²) < 4.78 is 1.85. The Kier molecular flexibility index (Phi) is 2.78. The molecular formula is C14H18N4. The second-order valence-corrected chi connectivity index (χ2v) is 4.92. The lowest BCUT2D eigenvalue weighted by atomic mass is 10.2. The first-order valence-corrected chi connectivity index (χ1v) is 6.44. The minimum Gasteiger partial charge on any atom is -0.366 e. The second-order valence-electron chi connectivity index (χ2n) is 4.92. The zero-order chi connectivity index (χ0) is 12.5. The molecule has 0 saturated carbocycles. The van der Waals surface area contributed by atoms with Crippen LogP contribution in [-0.2, 0) is 26.4 Å². The minimum atomic E-state index is 0.783. The molecule has 1 N–H and O–H groups in total. The number of aromatic nitrogens is 3. The van der Waals surface area contributed by atoms with E-state index < -0.39 is 0 Å². The minimum absolute atomic E-state index is 0.783. The molecule has 0 bridgehead atoms. The van der Waals surface area contributed by atoms with Crippen molar-refractivity contribution >= 4 is 5.82 Å². The highest BCUT2D eigenvalue weighted by atomic mass is 15.3. The highest BCUT2D eigenvalue weighted by Gasteiger charge is 2.12. The smallest absolute Gasteiger partial charge is 0.126 e. The molecule has 4 heteroatoms. The fourth-order valence-electron chi connectivity index (χ4n) is 2.53. The lowest BCUT2D eigenvalue weighted by molar-refractivity contribution is 0.756. The average Bonchev–Trinajstić information content (AvgIpc) is 2.92. The van der Waals surface area contributed by atoms with Crippen molar-refractivity contribution in [3.05, 3.63) is 40.8 Å². The fraction of sp³-hybridized carbons (Fsp3) is 0.429. The number of pyridine rings is 1. The van der Waals surface area contributed by atoms with Gasteiger partial charge in [-0.3, -0.25) is 4.68 Å². The van der Waals surface area contributed by atoms with Gasteiger partial charge in [0.05, 0.1) is 5.69 Å². The summed E-state index contributed by atoms with van der Waals surface area (Å²) in [4.78, 5) is 4.67. The number of aryl methyl sites for hydroxylation is 4. The Hall–Kier alpha value is -1.84. The Labute approximate surface area is 107 Å². The Bertz CT molecular complexity index is 571. The van der Waals surface area contributed by atoms with Crippen LogP contribution in [0.15, 0.2) is 18.3 Å². The van der Waals surface area contributed by atoms with Crippen LogP contribution < -0.4 is 5.32 Å². The van der Waals surface area contributed by atoms with Gasteiger partial charge >= 0.3 is 0 Å². The van der Waals surface area contributed by atoms with E-state index in [0.29, 0.717) is 0 Å². The summed E-state index contributed by atoms with van der Waals surface area (Å²) in [5.74, 6) is 0.971. The van der Waals surface area contributed by atoms with E-state index in [1.54, 1.807) is 0 Å². The third kappa shape index (κ3) is 2.10. The summed E-state index contributed by atoms with van der Waals surface area (Å²) in [5.41, 5.74) is 4.98. The van der Waals surface area contributed by atoms with Crippen molar-refractivity contribution in [1.29, 1.82) is 0 Å². The van der Waals surface area contributed by atoms with Gasteiger partial charge in [0.25, 0.3) is 0 Å². The molecule has 0 aromatic carbocycles. The van der Waals surface area contributed by atoms with Crippen molar-refractivity contribution in [1.82, 2.24) is 14.8 Å². The maximum atomic E-state index is 4.67. The lowest BCUT2D eigenvalue weighted by Gasteiger charge is -2.06. The number of nitrogens with one attached hydrogen (secondary N) is 1. The molecule has 3 rings (SSSR count). The number of rotatable bonds is 3. The summed E-state index contributed by atoms with van der Waals surface area (Å²) in [6, 6.07) is 4.28.